The van der Waals surface area contributed by atoms with Crippen LogP contribution in [-0.2, 0) is 0 Å². The van der Waals surface area contributed by atoms with Crippen molar-refractivity contribution < 1.29 is 8.91 Å². The first kappa shape index (κ1) is 19.5. The van der Waals surface area contributed by atoms with Crippen LogP contribution in [-0.4, -0.2) is 51.5 Å². The number of piperazine rings is 1. The van der Waals surface area contributed by atoms with Crippen LogP contribution in [0.4, 0.5) is 4.39 Å². The summed E-state index contributed by atoms with van der Waals surface area (Å²) in [5, 5.41) is 12.1. The predicted octanol–water partition coefficient (Wildman–Crippen LogP) is 2.68. The van der Waals surface area contributed by atoms with E-state index in [2.05, 4.69) is 32.5 Å². The smallest absolute Gasteiger partial charge is 0.261 e. The number of hydrogen-bond donors (Lipinski definition) is 1. The summed E-state index contributed by atoms with van der Waals surface area (Å²) in [6.07, 6.45) is 0. The molecule has 3 aromatic rings. The van der Waals surface area contributed by atoms with Gasteiger partial charge < -0.3 is 9.84 Å². The number of likely N-dealkylation sites (N-methyl/N-ethyl adjacent to an activating group) is 1. The number of hydrogen-bond acceptors (Lipinski definition) is 6. The van der Waals surface area contributed by atoms with Crippen molar-refractivity contribution in [2.45, 2.75) is 19.9 Å². The standard InChI is InChI=1S/C18H21FN6O.ClH/c1-11-16(12(2)25(22-11)14-6-4-13(19)5-7-14)18-21-17(23-26-18)15-10-20-8-9-24(15)3;/h4-7,15,20H,8-10H2,1-3H3;1H. The highest BCUT2D eigenvalue weighted by Gasteiger charge is 2.27. The van der Waals surface area contributed by atoms with Crippen molar-refractivity contribution in [3.8, 4) is 17.1 Å². The SMILES string of the molecule is Cc1nn(-c2ccc(F)cc2)c(C)c1-c1nc(C2CNCCN2C)no1.Cl. The van der Waals surface area contributed by atoms with Crippen molar-refractivity contribution in [3.63, 3.8) is 0 Å². The second-order valence-electron chi connectivity index (χ2n) is 6.59. The molecule has 9 heteroatoms. The van der Waals surface area contributed by atoms with Gasteiger partial charge in [0.1, 0.15) is 5.82 Å². The second kappa shape index (κ2) is 7.75. The van der Waals surface area contributed by atoms with Gasteiger partial charge in [0, 0.05) is 19.6 Å². The molecule has 1 unspecified atom stereocenters. The van der Waals surface area contributed by atoms with Gasteiger partial charge in [0.25, 0.3) is 5.89 Å². The lowest BCUT2D eigenvalue weighted by atomic mass is 10.2. The van der Waals surface area contributed by atoms with Crippen LogP contribution in [0.25, 0.3) is 17.1 Å². The van der Waals surface area contributed by atoms with E-state index in [0.717, 1.165) is 42.3 Å². The zero-order valence-electron chi connectivity index (χ0n) is 15.4. The maximum absolute atomic E-state index is 13.2. The summed E-state index contributed by atoms with van der Waals surface area (Å²) in [6.45, 7) is 6.54. The lowest BCUT2D eigenvalue weighted by molar-refractivity contribution is 0.190. The van der Waals surface area contributed by atoms with E-state index in [9.17, 15) is 4.39 Å². The van der Waals surface area contributed by atoms with Crippen LogP contribution in [0.1, 0.15) is 23.3 Å². The monoisotopic (exact) mass is 392 g/mol. The summed E-state index contributed by atoms with van der Waals surface area (Å²) in [6, 6.07) is 6.32. The van der Waals surface area contributed by atoms with E-state index in [4.69, 9.17) is 4.52 Å². The predicted molar refractivity (Wildman–Crippen MR) is 102 cm³/mol. The van der Waals surface area contributed by atoms with E-state index in [1.54, 1.807) is 16.8 Å². The van der Waals surface area contributed by atoms with Gasteiger partial charge >= 0.3 is 0 Å². The Morgan fingerprint density at radius 2 is 1.96 bits per heavy atom. The molecule has 27 heavy (non-hydrogen) atoms. The molecule has 7 nitrogen and oxygen atoms in total. The quantitative estimate of drug-likeness (QED) is 0.738. The molecule has 4 rings (SSSR count). The van der Waals surface area contributed by atoms with Crippen LogP contribution in [0, 0.1) is 19.7 Å². The van der Waals surface area contributed by atoms with Crippen LogP contribution in [0.5, 0.6) is 0 Å². The Morgan fingerprint density at radius 1 is 1.22 bits per heavy atom. The first-order chi connectivity index (χ1) is 12.5. The Labute approximate surface area is 163 Å². The minimum atomic E-state index is -0.276. The Kier molecular flexibility index (Phi) is 5.59. The van der Waals surface area contributed by atoms with Crippen LogP contribution in [0.15, 0.2) is 28.8 Å². The molecule has 0 aliphatic carbocycles. The molecule has 1 aliphatic rings. The minimum Gasteiger partial charge on any atom is -0.334 e. The molecule has 0 saturated carbocycles. The summed E-state index contributed by atoms with van der Waals surface area (Å²) >= 11 is 0. The van der Waals surface area contributed by atoms with Gasteiger partial charge in [-0.05, 0) is 45.2 Å². The van der Waals surface area contributed by atoms with E-state index in [1.807, 2.05) is 13.8 Å². The third-order valence-electron chi connectivity index (χ3n) is 4.83. The summed E-state index contributed by atoms with van der Waals surface area (Å²) in [4.78, 5) is 6.84. The van der Waals surface area contributed by atoms with Gasteiger partial charge in [0.15, 0.2) is 5.82 Å². The highest BCUT2D eigenvalue weighted by Crippen LogP contribution is 2.29. The van der Waals surface area contributed by atoms with E-state index < -0.39 is 0 Å². The van der Waals surface area contributed by atoms with Crippen molar-refractivity contribution in [1.29, 1.82) is 0 Å². The van der Waals surface area contributed by atoms with Gasteiger partial charge in [0.2, 0.25) is 0 Å². The average molecular weight is 393 g/mol. The average Bonchev–Trinajstić information content (AvgIpc) is 3.21. The molecule has 1 N–H and O–H groups in total. The van der Waals surface area contributed by atoms with Crippen LogP contribution in [0.3, 0.4) is 0 Å². The molecular formula is C18H22ClFN6O. The number of nitrogens with zero attached hydrogens (tertiary/aromatic N) is 5. The lowest BCUT2D eigenvalue weighted by Crippen LogP contribution is -2.44. The molecule has 3 heterocycles. The number of aryl methyl sites for hydroxylation is 1. The minimum absolute atomic E-state index is 0. The highest BCUT2D eigenvalue weighted by molar-refractivity contribution is 5.85. The Morgan fingerprint density at radius 3 is 2.67 bits per heavy atom. The van der Waals surface area contributed by atoms with Crippen molar-refractivity contribution in [3.05, 3.63) is 47.3 Å². The maximum atomic E-state index is 13.2. The largest absolute Gasteiger partial charge is 0.334 e. The Balaban J connectivity index is 0.00000210. The van der Waals surface area contributed by atoms with E-state index >= 15 is 0 Å². The van der Waals surface area contributed by atoms with Crippen LogP contribution >= 0.6 is 12.4 Å². The molecule has 1 fully saturated rings. The normalized spacial score (nSPS) is 17.7. The first-order valence-corrected chi connectivity index (χ1v) is 8.61. The fraction of sp³-hybridized carbons (Fsp3) is 0.389. The summed E-state index contributed by atoms with van der Waals surface area (Å²) < 4.78 is 20.5. The molecule has 1 aliphatic heterocycles. The number of rotatable bonds is 3. The molecule has 1 atom stereocenters. The topological polar surface area (TPSA) is 72.0 Å². The molecule has 1 saturated heterocycles. The van der Waals surface area contributed by atoms with Crippen LogP contribution in [0.2, 0.25) is 0 Å². The van der Waals surface area contributed by atoms with Crippen molar-refractivity contribution in [2.75, 3.05) is 26.7 Å². The number of benzene rings is 1. The first-order valence-electron chi connectivity index (χ1n) is 8.61. The molecule has 144 valence electrons. The van der Waals surface area contributed by atoms with Gasteiger partial charge in [-0.3, -0.25) is 4.90 Å². The summed E-state index contributed by atoms with van der Waals surface area (Å²) in [7, 11) is 2.06. The molecule has 0 radical (unpaired) electrons. The van der Waals surface area contributed by atoms with Gasteiger partial charge in [-0.15, -0.1) is 12.4 Å². The number of nitrogens with one attached hydrogen (secondary N) is 1. The number of halogens is 2. The third kappa shape index (κ3) is 3.60. The van der Waals surface area contributed by atoms with E-state index in [1.165, 1.54) is 12.1 Å². The van der Waals surface area contributed by atoms with Crippen molar-refractivity contribution in [1.82, 2.24) is 30.1 Å². The Hall–Kier alpha value is -2.29. The highest BCUT2D eigenvalue weighted by atomic mass is 35.5. The zero-order chi connectivity index (χ0) is 18.3. The van der Waals surface area contributed by atoms with Gasteiger partial charge in [0.05, 0.1) is 28.7 Å². The fourth-order valence-corrected chi connectivity index (χ4v) is 3.35. The molecule has 0 amide bonds. The molecule has 0 spiro atoms. The Bertz CT molecular complexity index is 923. The van der Waals surface area contributed by atoms with Gasteiger partial charge in [-0.25, -0.2) is 9.07 Å². The van der Waals surface area contributed by atoms with Gasteiger partial charge in [-0.1, -0.05) is 5.16 Å². The third-order valence-corrected chi connectivity index (χ3v) is 4.83. The zero-order valence-corrected chi connectivity index (χ0v) is 16.3. The number of aromatic nitrogens is 4. The summed E-state index contributed by atoms with van der Waals surface area (Å²) in [5.74, 6) is 0.854. The molecule has 0 bridgehead atoms. The lowest BCUT2D eigenvalue weighted by Gasteiger charge is -2.30. The molecule has 2 aromatic heterocycles. The molecule has 1 aromatic carbocycles. The van der Waals surface area contributed by atoms with Crippen LogP contribution < -0.4 is 5.32 Å². The van der Waals surface area contributed by atoms with Crippen molar-refractivity contribution >= 4 is 12.4 Å². The summed E-state index contributed by atoms with van der Waals surface area (Å²) in [5.41, 5.74) is 3.27. The molecular weight excluding hydrogens is 371 g/mol. The van der Waals surface area contributed by atoms with E-state index in [-0.39, 0.29) is 24.3 Å². The van der Waals surface area contributed by atoms with E-state index in [0.29, 0.717) is 11.7 Å². The second-order valence-corrected chi connectivity index (χ2v) is 6.59. The maximum Gasteiger partial charge on any atom is 0.261 e. The fourth-order valence-electron chi connectivity index (χ4n) is 3.35. The van der Waals surface area contributed by atoms with Gasteiger partial charge in [-0.2, -0.15) is 10.1 Å². The van der Waals surface area contributed by atoms with Crippen molar-refractivity contribution in [2.24, 2.45) is 0 Å².